The van der Waals surface area contributed by atoms with E-state index >= 15 is 0 Å². The number of hydrogen-bond donors (Lipinski definition) is 1. The van der Waals surface area contributed by atoms with Gasteiger partial charge >= 0.3 is 0 Å². The second kappa shape index (κ2) is 6.22. The minimum absolute atomic E-state index is 0.190. The number of nitrogens with two attached hydrogens (primary N) is 1. The minimum Gasteiger partial charge on any atom is -0.325 e. The fourth-order valence-corrected chi connectivity index (χ4v) is 4.45. The van der Waals surface area contributed by atoms with Gasteiger partial charge in [-0.15, -0.1) is 0 Å². The molecule has 1 heteroatoms. The highest BCUT2D eigenvalue weighted by atomic mass is 14.8. The van der Waals surface area contributed by atoms with Gasteiger partial charge in [-0.3, -0.25) is 0 Å². The molecule has 2 rings (SSSR count). The van der Waals surface area contributed by atoms with Gasteiger partial charge in [0.05, 0.1) is 0 Å². The summed E-state index contributed by atoms with van der Waals surface area (Å²) in [5.41, 5.74) is 7.15. The molecule has 0 atom stereocenters. The lowest BCUT2D eigenvalue weighted by Gasteiger charge is -2.47. The Morgan fingerprint density at radius 1 is 0.824 bits per heavy atom. The molecule has 0 heterocycles. The second-order valence-corrected chi connectivity index (χ2v) is 6.53. The zero-order chi connectivity index (χ0) is 12.1. The molecule has 2 fully saturated rings. The molecule has 1 nitrogen and oxygen atoms in total. The predicted octanol–water partition coefficient (Wildman–Crippen LogP) is 4.64. The maximum Gasteiger partial charge on any atom is 0.0211 e. The lowest BCUT2D eigenvalue weighted by atomic mass is 9.63. The molecule has 2 aliphatic carbocycles. The number of rotatable bonds is 4. The first-order chi connectivity index (χ1) is 8.27. The van der Waals surface area contributed by atoms with Gasteiger partial charge in [-0.25, -0.2) is 0 Å². The molecule has 0 aromatic carbocycles. The Morgan fingerprint density at radius 2 is 1.24 bits per heavy atom. The average Bonchev–Trinajstić information content (AvgIpc) is 2.41. The zero-order valence-electron chi connectivity index (χ0n) is 11.7. The van der Waals surface area contributed by atoms with Gasteiger partial charge < -0.3 is 5.73 Å². The van der Waals surface area contributed by atoms with Crippen LogP contribution >= 0.6 is 0 Å². The van der Waals surface area contributed by atoms with Crippen molar-refractivity contribution >= 4 is 0 Å². The van der Waals surface area contributed by atoms with E-state index in [0.29, 0.717) is 0 Å². The summed E-state index contributed by atoms with van der Waals surface area (Å²) in [4.78, 5) is 0. The smallest absolute Gasteiger partial charge is 0.0211 e. The Morgan fingerprint density at radius 3 is 1.59 bits per heavy atom. The van der Waals surface area contributed by atoms with E-state index in [2.05, 4.69) is 6.92 Å². The maximum atomic E-state index is 6.96. The molecular weight excluding hydrogens is 206 g/mol. The van der Waals surface area contributed by atoms with Gasteiger partial charge in [0, 0.05) is 5.54 Å². The van der Waals surface area contributed by atoms with Crippen molar-refractivity contribution in [3.05, 3.63) is 0 Å². The van der Waals surface area contributed by atoms with Gasteiger partial charge in [0.1, 0.15) is 0 Å². The summed E-state index contributed by atoms with van der Waals surface area (Å²) < 4.78 is 0. The Bertz CT molecular complexity index is 194. The minimum atomic E-state index is 0.190. The first-order valence-corrected chi connectivity index (χ1v) is 8.06. The van der Waals surface area contributed by atoms with Crippen LogP contribution in [0.4, 0.5) is 0 Å². The molecule has 2 saturated carbocycles. The molecule has 2 aliphatic rings. The van der Waals surface area contributed by atoms with E-state index in [1.54, 1.807) is 0 Å². The quantitative estimate of drug-likeness (QED) is 0.757. The first-order valence-electron chi connectivity index (χ1n) is 8.06. The van der Waals surface area contributed by atoms with Gasteiger partial charge in [0.15, 0.2) is 0 Å². The van der Waals surface area contributed by atoms with E-state index < -0.39 is 0 Å². The van der Waals surface area contributed by atoms with Crippen LogP contribution in [0, 0.1) is 11.8 Å². The van der Waals surface area contributed by atoms with Crippen LogP contribution < -0.4 is 5.73 Å². The maximum absolute atomic E-state index is 6.96. The van der Waals surface area contributed by atoms with E-state index in [1.165, 1.54) is 77.0 Å². The van der Waals surface area contributed by atoms with Gasteiger partial charge in [-0.2, -0.15) is 0 Å². The molecule has 0 amide bonds. The van der Waals surface area contributed by atoms with Crippen molar-refractivity contribution in [1.29, 1.82) is 0 Å². The van der Waals surface area contributed by atoms with Crippen LogP contribution in [-0.2, 0) is 0 Å². The lowest BCUT2D eigenvalue weighted by molar-refractivity contribution is 0.0960. The summed E-state index contributed by atoms with van der Waals surface area (Å²) in [7, 11) is 0. The van der Waals surface area contributed by atoms with Crippen molar-refractivity contribution in [2.45, 2.75) is 89.5 Å². The molecule has 0 spiro atoms. The van der Waals surface area contributed by atoms with Crippen molar-refractivity contribution < 1.29 is 0 Å². The molecular formula is C16H31N. The van der Waals surface area contributed by atoms with Crippen molar-refractivity contribution in [3.63, 3.8) is 0 Å². The molecule has 2 N–H and O–H groups in total. The number of hydrogen-bond acceptors (Lipinski definition) is 1. The largest absolute Gasteiger partial charge is 0.325 e. The van der Waals surface area contributed by atoms with Gasteiger partial charge in [0.25, 0.3) is 0 Å². The van der Waals surface area contributed by atoms with Crippen LogP contribution in [0.1, 0.15) is 84.0 Å². The zero-order valence-corrected chi connectivity index (χ0v) is 11.7. The van der Waals surface area contributed by atoms with Crippen LogP contribution in [0.3, 0.4) is 0 Å². The predicted molar refractivity (Wildman–Crippen MR) is 75.0 cm³/mol. The molecule has 0 aromatic heterocycles. The summed E-state index contributed by atoms with van der Waals surface area (Å²) in [5, 5.41) is 0. The monoisotopic (exact) mass is 237 g/mol. The van der Waals surface area contributed by atoms with Crippen molar-refractivity contribution in [2.75, 3.05) is 0 Å². The summed E-state index contributed by atoms with van der Waals surface area (Å²) in [6, 6.07) is 0. The third kappa shape index (κ3) is 3.05. The lowest BCUT2D eigenvalue weighted by Crippen LogP contribution is -2.54. The van der Waals surface area contributed by atoms with Crippen LogP contribution in [-0.4, -0.2) is 5.54 Å². The normalized spacial score (nSPS) is 25.1. The first kappa shape index (κ1) is 13.4. The topological polar surface area (TPSA) is 26.0 Å². The van der Waals surface area contributed by atoms with Crippen LogP contribution in [0.5, 0.6) is 0 Å². The van der Waals surface area contributed by atoms with Crippen molar-refractivity contribution in [1.82, 2.24) is 0 Å². The summed E-state index contributed by atoms with van der Waals surface area (Å²) in [6.45, 7) is 2.31. The molecule has 0 aliphatic heterocycles. The van der Waals surface area contributed by atoms with E-state index in [9.17, 15) is 0 Å². The molecule has 0 bridgehead atoms. The van der Waals surface area contributed by atoms with Crippen molar-refractivity contribution in [3.8, 4) is 0 Å². The molecule has 0 unspecified atom stereocenters. The summed E-state index contributed by atoms with van der Waals surface area (Å²) >= 11 is 0. The highest BCUT2D eigenvalue weighted by Gasteiger charge is 2.41. The molecule has 0 radical (unpaired) electrons. The third-order valence-electron chi connectivity index (χ3n) is 5.41. The molecule has 17 heavy (non-hydrogen) atoms. The second-order valence-electron chi connectivity index (χ2n) is 6.53. The van der Waals surface area contributed by atoms with E-state index in [0.717, 1.165) is 11.8 Å². The van der Waals surface area contributed by atoms with Gasteiger partial charge in [-0.1, -0.05) is 51.9 Å². The Hall–Kier alpha value is -0.0400. The fourth-order valence-electron chi connectivity index (χ4n) is 4.45. The van der Waals surface area contributed by atoms with Crippen LogP contribution in [0.2, 0.25) is 0 Å². The Balaban J connectivity index is 2.05. The Kier molecular flexibility index (Phi) is 4.90. The molecule has 0 saturated heterocycles. The van der Waals surface area contributed by atoms with E-state index in [-0.39, 0.29) is 5.54 Å². The molecule has 0 aromatic rings. The highest BCUT2D eigenvalue weighted by molar-refractivity contribution is 4.98. The third-order valence-corrected chi connectivity index (χ3v) is 5.41. The average molecular weight is 237 g/mol. The Labute approximate surface area is 108 Å². The van der Waals surface area contributed by atoms with Crippen molar-refractivity contribution in [2.24, 2.45) is 17.6 Å². The fraction of sp³-hybridized carbons (Fsp3) is 1.00. The van der Waals surface area contributed by atoms with Crippen LogP contribution in [0.25, 0.3) is 0 Å². The van der Waals surface area contributed by atoms with Crippen LogP contribution in [0.15, 0.2) is 0 Å². The highest BCUT2D eigenvalue weighted by Crippen LogP contribution is 2.43. The standard InChI is InChI=1S/C16H31N/c1-2-13-16(17,14-9-5-3-6-10-14)15-11-7-4-8-12-15/h14-15H,2-13,17H2,1H3. The summed E-state index contributed by atoms with van der Waals surface area (Å²) in [5.74, 6) is 1.67. The summed E-state index contributed by atoms with van der Waals surface area (Å²) in [6.07, 6.45) is 16.8. The SMILES string of the molecule is CCCC(N)(C1CCCCC1)C1CCCCC1. The van der Waals surface area contributed by atoms with E-state index in [4.69, 9.17) is 5.73 Å². The van der Waals surface area contributed by atoms with Gasteiger partial charge in [-0.05, 0) is 43.9 Å². The van der Waals surface area contributed by atoms with Gasteiger partial charge in [0.2, 0.25) is 0 Å². The molecule has 100 valence electrons. The van der Waals surface area contributed by atoms with E-state index in [1.807, 2.05) is 0 Å².